The number of para-hydroxylation sites is 2. The minimum Gasteiger partial charge on any atom is -0.455 e. The van der Waals surface area contributed by atoms with Gasteiger partial charge in [-0.25, -0.2) is 29.9 Å². The zero-order chi connectivity index (χ0) is 67.9. The highest BCUT2D eigenvalue weighted by molar-refractivity contribution is 6.24. The van der Waals surface area contributed by atoms with Crippen LogP contribution in [0.25, 0.3) is 118 Å². The van der Waals surface area contributed by atoms with Gasteiger partial charge in [-0.3, -0.25) is 0 Å². The van der Waals surface area contributed by atoms with E-state index in [4.69, 9.17) is 34.3 Å². The van der Waals surface area contributed by atoms with Gasteiger partial charge >= 0.3 is 0 Å². The molecular weight excluding hydrogens is 1150 g/mol. The van der Waals surface area contributed by atoms with Crippen LogP contribution >= 0.6 is 0 Å². The van der Waals surface area contributed by atoms with Gasteiger partial charge in [0.1, 0.15) is 11.2 Å². The maximum atomic E-state index is 6.91. The van der Waals surface area contributed by atoms with E-state index >= 15 is 0 Å². The van der Waals surface area contributed by atoms with Crippen LogP contribution in [0.5, 0.6) is 0 Å². The predicted octanol–water partition coefficient (Wildman–Crippen LogP) is 23.4. The second-order valence-corrected chi connectivity index (χ2v) is 34.8. The quantitative estimate of drug-likeness (QED) is 0.157. The van der Waals surface area contributed by atoms with E-state index in [2.05, 4.69) is 316 Å². The fourth-order valence-corrected chi connectivity index (χ4v) is 12.6. The van der Waals surface area contributed by atoms with Gasteiger partial charge in [-0.2, -0.15) is 0 Å². The maximum absolute atomic E-state index is 6.91. The summed E-state index contributed by atoms with van der Waals surface area (Å²) in [5, 5.41) is 4.25. The third kappa shape index (κ3) is 12.7. The molecule has 8 aromatic carbocycles. The molecule has 0 unspecified atom stereocenters. The highest BCUT2D eigenvalue weighted by Crippen LogP contribution is 2.45. The fourth-order valence-electron chi connectivity index (χ4n) is 12.6. The second-order valence-electron chi connectivity index (χ2n) is 34.8. The van der Waals surface area contributed by atoms with Gasteiger partial charge in [-0.15, -0.1) is 0 Å². The molecule has 0 bridgehead atoms. The summed E-state index contributed by atoms with van der Waals surface area (Å²) in [6, 6.07) is 55.8. The molecule has 0 N–H and O–H groups in total. The van der Waals surface area contributed by atoms with Crippen molar-refractivity contribution in [2.24, 2.45) is 0 Å². The van der Waals surface area contributed by atoms with Crippen molar-refractivity contribution in [3.05, 3.63) is 196 Å². The first-order chi connectivity index (χ1) is 43.6. The lowest BCUT2D eigenvalue weighted by atomic mass is 9.79. The third-order valence-corrected chi connectivity index (χ3v) is 18.9. The topological polar surface area (TPSA) is 95.4 Å². The molecule has 0 saturated carbocycles. The molecule has 0 atom stereocenters. The normalized spacial score (nSPS) is 13.3. The number of hydrogen-bond donors (Lipinski definition) is 0. The SMILES string of the molecule is CC(C)(C)c1cc(-c2nc(-c3cc(C(C)(C)C)cc(C(C)(C)C)c3)nc(-c3ccc(-n4c5ccccc5c5c6oc7ccccc7c6ccc54)c(-c4nc(-c5cc(C(C)(C)C)cc(C(C)(C)C)c5)nc(-c5cc(C(C)(C)C)cc(C(C)(C)C)c5)n4)c3)n2)cc(C(C)(C)C)c1. The largest absolute Gasteiger partial charge is 0.455 e. The highest BCUT2D eigenvalue weighted by atomic mass is 16.3. The first-order valence-electron chi connectivity index (χ1n) is 33.7. The van der Waals surface area contributed by atoms with E-state index in [1.165, 1.54) is 44.5 Å². The molecule has 12 rings (SSSR count). The molecule has 482 valence electrons. The standard InChI is InChI=1S/C86H97N7O/c1-79(2,3)55-37-51(38-56(46-55)80(4,5)6)74-87-73(88-75(89-74)52-39-57(81(7,8)9)47-58(40-52)82(10,11)12)50-33-35-68(93-67-31-27-25-30-65(67)71-69(93)36-34-64-63-29-26-28-32-70(63)94-72(64)71)66(45-50)78-91-76(53-41-59(83(13,14)15)48-60(42-53)84(16,17)18)90-77(92-78)54-43-61(85(19,20)21)49-62(44-54)86(22,23)24/h25-49H,1-24H3. The van der Waals surface area contributed by atoms with Crippen molar-refractivity contribution in [2.75, 3.05) is 0 Å². The van der Waals surface area contributed by atoms with Crippen molar-refractivity contribution in [1.82, 2.24) is 34.5 Å². The average Bonchev–Trinajstić information content (AvgIpc) is 1.52. The molecule has 0 spiro atoms. The van der Waals surface area contributed by atoms with Crippen LogP contribution in [0.2, 0.25) is 0 Å². The monoisotopic (exact) mass is 1240 g/mol. The summed E-state index contributed by atoms with van der Waals surface area (Å²) in [5.74, 6) is 3.42. The van der Waals surface area contributed by atoms with Crippen LogP contribution in [-0.2, 0) is 43.3 Å². The van der Waals surface area contributed by atoms with Crippen LogP contribution in [-0.4, -0.2) is 34.5 Å². The number of fused-ring (bicyclic) bond motifs is 7. The van der Waals surface area contributed by atoms with Gasteiger partial charge in [-0.05, 0) is 179 Å². The second kappa shape index (κ2) is 22.5. The zero-order valence-corrected chi connectivity index (χ0v) is 60.5. The maximum Gasteiger partial charge on any atom is 0.166 e. The van der Waals surface area contributed by atoms with Gasteiger partial charge in [-0.1, -0.05) is 227 Å². The molecule has 0 aliphatic carbocycles. The smallest absolute Gasteiger partial charge is 0.166 e. The predicted molar refractivity (Wildman–Crippen MR) is 397 cm³/mol. The van der Waals surface area contributed by atoms with E-state index in [0.717, 1.165) is 82.8 Å². The molecule has 0 aliphatic rings. The van der Waals surface area contributed by atoms with E-state index in [1.807, 2.05) is 6.07 Å². The third-order valence-electron chi connectivity index (χ3n) is 18.9. The van der Waals surface area contributed by atoms with E-state index in [-0.39, 0.29) is 43.3 Å². The van der Waals surface area contributed by atoms with Crippen LogP contribution < -0.4 is 0 Å². The number of rotatable bonds is 7. The van der Waals surface area contributed by atoms with Gasteiger partial charge in [0.25, 0.3) is 0 Å². The van der Waals surface area contributed by atoms with Crippen LogP contribution in [0.1, 0.15) is 211 Å². The Kier molecular flexibility index (Phi) is 15.7. The molecule has 0 saturated heterocycles. The molecule has 0 amide bonds. The molecule has 12 aromatic rings. The Balaban J connectivity index is 1.23. The molecule has 4 heterocycles. The van der Waals surface area contributed by atoms with E-state index in [0.29, 0.717) is 34.9 Å². The number of benzene rings is 8. The summed E-state index contributed by atoms with van der Waals surface area (Å²) in [4.78, 5) is 34.0. The lowest BCUT2D eigenvalue weighted by molar-refractivity contribution is 0.568. The molecule has 94 heavy (non-hydrogen) atoms. The molecule has 0 radical (unpaired) electrons. The Morgan fingerprint density at radius 1 is 0.266 bits per heavy atom. The van der Waals surface area contributed by atoms with Gasteiger partial charge < -0.3 is 8.98 Å². The number of furan rings is 1. The summed E-state index contributed by atoms with van der Waals surface area (Å²) < 4.78 is 9.28. The molecular formula is C86H97N7O. The van der Waals surface area contributed by atoms with E-state index in [1.54, 1.807) is 0 Å². The average molecular weight is 1240 g/mol. The minimum absolute atomic E-state index is 0.155. The van der Waals surface area contributed by atoms with E-state index < -0.39 is 0 Å². The Morgan fingerprint density at radius 2 is 0.585 bits per heavy atom. The highest BCUT2D eigenvalue weighted by Gasteiger charge is 2.30. The van der Waals surface area contributed by atoms with Crippen LogP contribution in [0.15, 0.2) is 156 Å². The summed E-state index contributed by atoms with van der Waals surface area (Å²) in [5.41, 5.74) is 18.3. The molecule has 0 fully saturated rings. The summed E-state index contributed by atoms with van der Waals surface area (Å²) >= 11 is 0. The van der Waals surface area contributed by atoms with Gasteiger partial charge in [0.2, 0.25) is 0 Å². The Labute approximate surface area is 559 Å². The number of nitrogens with zero attached hydrogens (tertiary/aromatic N) is 7. The van der Waals surface area contributed by atoms with Crippen molar-refractivity contribution in [1.29, 1.82) is 0 Å². The van der Waals surface area contributed by atoms with Gasteiger partial charge in [0.05, 0.1) is 22.1 Å². The van der Waals surface area contributed by atoms with Crippen molar-refractivity contribution < 1.29 is 4.42 Å². The first-order valence-corrected chi connectivity index (χ1v) is 33.7. The molecule has 4 aromatic heterocycles. The fraction of sp³-hybridized carbons (Fsp3) is 0.372. The number of hydrogen-bond acceptors (Lipinski definition) is 7. The first kappa shape index (κ1) is 65.4. The Morgan fingerprint density at radius 3 is 0.947 bits per heavy atom. The van der Waals surface area contributed by atoms with Crippen molar-refractivity contribution in [3.8, 4) is 74.0 Å². The lowest BCUT2D eigenvalue weighted by Gasteiger charge is -2.26. The molecule has 8 heteroatoms. The number of aromatic nitrogens is 7. The van der Waals surface area contributed by atoms with Gasteiger partial charge in [0.15, 0.2) is 34.9 Å². The van der Waals surface area contributed by atoms with Gasteiger partial charge in [0, 0.05) is 49.5 Å². The summed E-state index contributed by atoms with van der Waals surface area (Å²) in [6.07, 6.45) is 0. The minimum atomic E-state index is -0.173. The molecule has 0 aliphatic heterocycles. The van der Waals surface area contributed by atoms with Crippen LogP contribution in [0.4, 0.5) is 0 Å². The van der Waals surface area contributed by atoms with Crippen molar-refractivity contribution in [2.45, 2.75) is 209 Å². The molecule has 8 nitrogen and oxygen atoms in total. The summed E-state index contributed by atoms with van der Waals surface area (Å²) in [7, 11) is 0. The summed E-state index contributed by atoms with van der Waals surface area (Å²) in [6.45, 7) is 54.8. The van der Waals surface area contributed by atoms with E-state index in [9.17, 15) is 0 Å². The van der Waals surface area contributed by atoms with Crippen molar-refractivity contribution >= 4 is 43.7 Å². The Hall–Kier alpha value is -8.62. The van der Waals surface area contributed by atoms with Crippen LogP contribution in [0.3, 0.4) is 0 Å². The Bertz CT molecular complexity index is 4660. The van der Waals surface area contributed by atoms with Crippen LogP contribution in [0, 0.1) is 0 Å². The van der Waals surface area contributed by atoms with Crippen molar-refractivity contribution in [3.63, 3.8) is 0 Å². The zero-order valence-electron chi connectivity index (χ0n) is 60.5. The lowest BCUT2D eigenvalue weighted by Crippen LogP contribution is -2.17.